The van der Waals surface area contributed by atoms with Crippen LogP contribution < -0.4 is 5.32 Å². The van der Waals surface area contributed by atoms with Gasteiger partial charge in [0.15, 0.2) is 0 Å². The number of anilines is 1. The number of nitro benzene ring substituents is 1. The number of hydrogen-bond acceptors (Lipinski definition) is 6. The minimum atomic E-state index is -0.809. The lowest BCUT2D eigenvalue weighted by molar-refractivity contribution is -0.384. The number of nitro groups is 1. The molecule has 0 bridgehead atoms. The van der Waals surface area contributed by atoms with E-state index >= 15 is 0 Å². The highest BCUT2D eigenvalue weighted by Crippen LogP contribution is 2.19. The molecule has 10 heteroatoms. The fourth-order valence-electron chi connectivity index (χ4n) is 2.45. The number of non-ortho nitro benzene ring substituents is 1. The van der Waals surface area contributed by atoms with Crippen LogP contribution in [-0.2, 0) is 9.53 Å². The summed E-state index contributed by atoms with van der Waals surface area (Å²) < 4.78 is 18.0. The van der Waals surface area contributed by atoms with Crippen LogP contribution in [0.3, 0.4) is 0 Å². The van der Waals surface area contributed by atoms with E-state index in [1.54, 1.807) is 6.92 Å². The number of nitrogens with zero attached hydrogens (tertiary/aromatic N) is 2. The molecule has 0 radical (unpaired) electrons. The van der Waals surface area contributed by atoms with Gasteiger partial charge in [-0.1, -0.05) is 6.07 Å². The molecule has 0 saturated heterocycles. The van der Waals surface area contributed by atoms with Crippen LogP contribution in [0.5, 0.6) is 0 Å². The highest BCUT2D eigenvalue weighted by molar-refractivity contribution is 6.01. The first-order chi connectivity index (χ1) is 13.7. The van der Waals surface area contributed by atoms with Crippen LogP contribution in [0.15, 0.2) is 42.5 Å². The van der Waals surface area contributed by atoms with Gasteiger partial charge in [-0.05, 0) is 31.2 Å². The van der Waals surface area contributed by atoms with Gasteiger partial charge in [0.05, 0.1) is 23.6 Å². The minimum absolute atomic E-state index is 0.0605. The summed E-state index contributed by atoms with van der Waals surface area (Å²) in [5, 5.41) is 13.6. The van der Waals surface area contributed by atoms with Crippen molar-refractivity contribution in [2.45, 2.75) is 6.92 Å². The largest absolute Gasteiger partial charge is 0.462 e. The zero-order valence-corrected chi connectivity index (χ0v) is 15.7. The van der Waals surface area contributed by atoms with Gasteiger partial charge in [0.1, 0.15) is 5.82 Å². The van der Waals surface area contributed by atoms with Gasteiger partial charge in [-0.3, -0.25) is 19.7 Å². The van der Waals surface area contributed by atoms with E-state index in [1.807, 2.05) is 0 Å². The number of ether oxygens (including phenoxy) is 1. The molecule has 0 aliphatic carbocycles. The first-order valence-electron chi connectivity index (χ1n) is 8.48. The van der Waals surface area contributed by atoms with Crippen molar-refractivity contribution < 1.29 is 28.4 Å². The van der Waals surface area contributed by atoms with Crippen molar-refractivity contribution in [2.24, 2.45) is 0 Å². The SMILES string of the molecule is CCOC(=O)c1cc(C(=O)N(C)CC(=O)Nc2cccc(F)c2)cc([N+](=O)[O-])c1. The highest BCUT2D eigenvalue weighted by Gasteiger charge is 2.22. The Morgan fingerprint density at radius 1 is 1.17 bits per heavy atom. The molecule has 0 aromatic heterocycles. The van der Waals surface area contributed by atoms with E-state index in [4.69, 9.17) is 4.74 Å². The first kappa shape index (κ1) is 21.5. The van der Waals surface area contributed by atoms with E-state index in [-0.39, 0.29) is 23.4 Å². The maximum atomic E-state index is 13.2. The van der Waals surface area contributed by atoms with Gasteiger partial charge in [0.25, 0.3) is 11.6 Å². The average molecular weight is 403 g/mol. The molecule has 0 aliphatic heterocycles. The smallest absolute Gasteiger partial charge is 0.338 e. The van der Waals surface area contributed by atoms with Gasteiger partial charge in [-0.2, -0.15) is 0 Å². The van der Waals surface area contributed by atoms with Crippen molar-refractivity contribution in [3.63, 3.8) is 0 Å². The number of hydrogen-bond donors (Lipinski definition) is 1. The Labute approximate surface area is 165 Å². The predicted octanol–water partition coefficient (Wildman–Crippen LogP) is 2.62. The van der Waals surface area contributed by atoms with Gasteiger partial charge in [-0.25, -0.2) is 9.18 Å². The van der Waals surface area contributed by atoms with Crippen LogP contribution in [0.4, 0.5) is 15.8 Å². The van der Waals surface area contributed by atoms with E-state index in [0.717, 1.165) is 29.2 Å². The molecule has 9 nitrogen and oxygen atoms in total. The van der Waals surface area contributed by atoms with Crippen LogP contribution in [0, 0.1) is 15.9 Å². The van der Waals surface area contributed by atoms with Crippen molar-refractivity contribution in [1.29, 1.82) is 0 Å². The molecule has 2 aromatic carbocycles. The highest BCUT2D eigenvalue weighted by atomic mass is 19.1. The lowest BCUT2D eigenvalue weighted by Gasteiger charge is -2.17. The normalized spacial score (nSPS) is 10.2. The maximum absolute atomic E-state index is 13.2. The van der Waals surface area contributed by atoms with Crippen molar-refractivity contribution in [1.82, 2.24) is 4.90 Å². The summed E-state index contributed by atoms with van der Waals surface area (Å²) in [4.78, 5) is 48.0. The van der Waals surface area contributed by atoms with Gasteiger partial charge in [0, 0.05) is 30.4 Å². The van der Waals surface area contributed by atoms with Gasteiger partial charge < -0.3 is 15.0 Å². The van der Waals surface area contributed by atoms with Gasteiger partial charge in [-0.15, -0.1) is 0 Å². The molecule has 0 aliphatic rings. The van der Waals surface area contributed by atoms with Gasteiger partial charge in [0.2, 0.25) is 5.91 Å². The molecule has 152 valence electrons. The number of esters is 1. The number of carbonyl (C=O) groups excluding carboxylic acids is 3. The van der Waals surface area contributed by atoms with Gasteiger partial charge >= 0.3 is 5.97 Å². The maximum Gasteiger partial charge on any atom is 0.338 e. The molecule has 0 spiro atoms. The molecule has 2 aromatic rings. The quantitative estimate of drug-likeness (QED) is 0.431. The molecular formula is C19H18FN3O6. The van der Waals surface area contributed by atoms with Crippen LogP contribution in [0.25, 0.3) is 0 Å². The minimum Gasteiger partial charge on any atom is -0.462 e. The summed E-state index contributed by atoms with van der Waals surface area (Å²) in [6.07, 6.45) is 0. The molecule has 2 amide bonds. The molecular weight excluding hydrogens is 385 g/mol. The summed E-state index contributed by atoms with van der Waals surface area (Å²) in [7, 11) is 1.32. The number of carbonyl (C=O) groups is 3. The van der Waals surface area contributed by atoms with Crippen molar-refractivity contribution in [3.8, 4) is 0 Å². The number of halogens is 1. The zero-order valence-electron chi connectivity index (χ0n) is 15.7. The molecule has 0 saturated carbocycles. The van der Waals surface area contributed by atoms with Crippen molar-refractivity contribution in [2.75, 3.05) is 25.5 Å². The summed E-state index contributed by atoms with van der Waals surface area (Å²) in [6.45, 7) is 1.24. The van der Waals surface area contributed by atoms with Crippen molar-refractivity contribution in [3.05, 3.63) is 69.5 Å². The van der Waals surface area contributed by atoms with E-state index in [9.17, 15) is 28.9 Å². The monoisotopic (exact) mass is 403 g/mol. The lowest BCUT2D eigenvalue weighted by Crippen LogP contribution is -2.35. The Morgan fingerprint density at radius 2 is 1.86 bits per heavy atom. The first-order valence-corrected chi connectivity index (χ1v) is 8.48. The Hall–Kier alpha value is -3.82. The predicted molar refractivity (Wildman–Crippen MR) is 101 cm³/mol. The lowest BCUT2D eigenvalue weighted by atomic mass is 10.1. The number of amides is 2. The summed E-state index contributed by atoms with van der Waals surface area (Å²) in [5.41, 5.74) is -0.544. The summed E-state index contributed by atoms with van der Waals surface area (Å²) in [6, 6.07) is 8.40. The van der Waals surface area contributed by atoms with Crippen LogP contribution in [0.1, 0.15) is 27.6 Å². The number of rotatable bonds is 7. The fourth-order valence-corrected chi connectivity index (χ4v) is 2.45. The van der Waals surface area contributed by atoms with E-state index in [0.29, 0.717) is 0 Å². The van der Waals surface area contributed by atoms with Crippen LogP contribution >= 0.6 is 0 Å². The molecule has 0 fully saturated rings. The van der Waals surface area contributed by atoms with Crippen LogP contribution in [-0.4, -0.2) is 47.8 Å². The van der Waals surface area contributed by atoms with E-state index in [2.05, 4.69) is 5.32 Å². The third-order valence-electron chi connectivity index (χ3n) is 3.72. The molecule has 0 heterocycles. The van der Waals surface area contributed by atoms with E-state index < -0.39 is 40.8 Å². The molecule has 1 N–H and O–H groups in total. The van der Waals surface area contributed by atoms with E-state index in [1.165, 1.54) is 25.2 Å². The topological polar surface area (TPSA) is 119 Å². The summed E-state index contributed by atoms with van der Waals surface area (Å²) in [5.74, 6) is -2.65. The second kappa shape index (κ2) is 9.40. The Bertz CT molecular complexity index is 963. The van der Waals surface area contributed by atoms with Crippen LogP contribution in [0.2, 0.25) is 0 Å². The Balaban J connectivity index is 2.17. The fraction of sp³-hybridized carbons (Fsp3) is 0.211. The number of benzene rings is 2. The Morgan fingerprint density at radius 3 is 2.48 bits per heavy atom. The average Bonchev–Trinajstić information content (AvgIpc) is 2.67. The number of likely N-dealkylation sites (N-methyl/N-ethyl adjacent to an activating group) is 1. The molecule has 29 heavy (non-hydrogen) atoms. The standard InChI is InChI=1S/C19H18FN3O6/c1-3-29-19(26)13-7-12(8-16(9-13)23(27)28)18(25)22(2)11-17(24)21-15-6-4-5-14(20)10-15/h4-10H,3,11H2,1-2H3,(H,21,24). The second-order valence-corrected chi connectivity index (χ2v) is 5.97. The third-order valence-corrected chi connectivity index (χ3v) is 3.72. The number of nitrogens with one attached hydrogen (secondary N) is 1. The summed E-state index contributed by atoms with van der Waals surface area (Å²) >= 11 is 0. The molecule has 2 rings (SSSR count). The van der Waals surface area contributed by atoms with Crippen molar-refractivity contribution >= 4 is 29.2 Å². The third kappa shape index (κ3) is 5.83. The molecule has 0 unspecified atom stereocenters. The Kier molecular flexibility index (Phi) is 6.96. The zero-order chi connectivity index (χ0) is 21.6. The molecule has 0 atom stereocenters. The second-order valence-electron chi connectivity index (χ2n) is 5.97.